The zero-order valence-electron chi connectivity index (χ0n) is 16.2. The van der Waals surface area contributed by atoms with Crippen LogP contribution in [0.2, 0.25) is 0 Å². The fourth-order valence-corrected chi connectivity index (χ4v) is 3.63. The summed E-state index contributed by atoms with van der Waals surface area (Å²) in [7, 11) is 0. The molecule has 1 atom stereocenters. The smallest absolute Gasteiger partial charge is 0.291 e. The van der Waals surface area contributed by atoms with Gasteiger partial charge in [-0.2, -0.15) is 0 Å². The molecule has 29 heavy (non-hydrogen) atoms. The van der Waals surface area contributed by atoms with Crippen molar-refractivity contribution in [3.63, 3.8) is 0 Å². The fraction of sp³-hybridized carbons (Fsp3) is 0.286. The SMILES string of the molecule is Cc1cc(-c2cnc(C(=O)Nc3cccc(F)c3N3CCC[C@@H](N)C3)[nH]2)ccn1. The van der Waals surface area contributed by atoms with Gasteiger partial charge >= 0.3 is 0 Å². The van der Waals surface area contributed by atoms with Crippen LogP contribution in [0.15, 0.2) is 42.7 Å². The average molecular weight is 394 g/mol. The van der Waals surface area contributed by atoms with Crippen molar-refractivity contribution in [2.75, 3.05) is 23.3 Å². The molecule has 8 heteroatoms. The standard InChI is InChI=1S/C21H23FN6O/c1-13-10-14(7-8-24-13)18-11-25-20(26-18)21(29)27-17-6-2-5-16(22)19(17)28-9-3-4-15(23)12-28/h2,5-8,10-11,15H,3-4,9,12,23H2,1H3,(H,25,26)(H,27,29)/t15-/m1/s1. The maximum atomic E-state index is 14.6. The summed E-state index contributed by atoms with van der Waals surface area (Å²) in [4.78, 5) is 26.0. The molecule has 1 aliphatic heterocycles. The Morgan fingerprint density at radius 2 is 2.21 bits per heavy atom. The zero-order valence-corrected chi connectivity index (χ0v) is 16.2. The number of carbonyl (C=O) groups is 1. The van der Waals surface area contributed by atoms with Gasteiger partial charge in [-0.1, -0.05) is 6.07 Å². The van der Waals surface area contributed by atoms with Crippen molar-refractivity contribution in [1.82, 2.24) is 15.0 Å². The number of carbonyl (C=O) groups excluding carboxylic acids is 1. The lowest BCUT2D eigenvalue weighted by Gasteiger charge is -2.34. The van der Waals surface area contributed by atoms with Gasteiger partial charge in [-0.25, -0.2) is 9.37 Å². The van der Waals surface area contributed by atoms with Crippen LogP contribution in [0.5, 0.6) is 0 Å². The molecule has 0 bridgehead atoms. The van der Waals surface area contributed by atoms with E-state index in [2.05, 4.69) is 20.3 Å². The highest BCUT2D eigenvalue weighted by Gasteiger charge is 2.23. The maximum Gasteiger partial charge on any atom is 0.291 e. The summed E-state index contributed by atoms with van der Waals surface area (Å²) in [5, 5.41) is 2.79. The van der Waals surface area contributed by atoms with Crippen molar-refractivity contribution < 1.29 is 9.18 Å². The molecule has 1 amide bonds. The molecule has 0 radical (unpaired) electrons. The van der Waals surface area contributed by atoms with Gasteiger partial charge in [-0.15, -0.1) is 0 Å². The van der Waals surface area contributed by atoms with E-state index >= 15 is 0 Å². The maximum absolute atomic E-state index is 14.6. The molecule has 0 saturated carbocycles. The van der Waals surface area contributed by atoms with Crippen LogP contribution in [-0.2, 0) is 0 Å². The number of aromatic nitrogens is 3. The van der Waals surface area contributed by atoms with E-state index in [0.717, 1.165) is 24.1 Å². The van der Waals surface area contributed by atoms with E-state index in [-0.39, 0.29) is 17.7 Å². The Hall–Kier alpha value is -3.26. The minimum atomic E-state index is -0.435. The number of imidazole rings is 1. The molecular weight excluding hydrogens is 371 g/mol. The van der Waals surface area contributed by atoms with Crippen LogP contribution < -0.4 is 16.0 Å². The minimum absolute atomic E-state index is 0.0108. The minimum Gasteiger partial charge on any atom is -0.366 e. The Morgan fingerprint density at radius 3 is 3.00 bits per heavy atom. The summed E-state index contributed by atoms with van der Waals surface area (Å²) in [6.07, 6.45) is 5.10. The largest absolute Gasteiger partial charge is 0.366 e. The highest BCUT2D eigenvalue weighted by molar-refractivity contribution is 6.04. The molecule has 1 aromatic carbocycles. The number of halogens is 1. The number of rotatable bonds is 4. The molecule has 0 unspecified atom stereocenters. The first kappa shape index (κ1) is 19.1. The number of aromatic amines is 1. The molecule has 0 spiro atoms. The third-order valence-electron chi connectivity index (χ3n) is 5.01. The Kier molecular flexibility index (Phi) is 5.26. The summed E-state index contributed by atoms with van der Waals surface area (Å²) < 4.78 is 14.6. The van der Waals surface area contributed by atoms with Crippen LogP contribution in [0.4, 0.5) is 15.8 Å². The highest BCUT2D eigenvalue weighted by Crippen LogP contribution is 2.31. The van der Waals surface area contributed by atoms with Crippen LogP contribution >= 0.6 is 0 Å². The van der Waals surface area contributed by atoms with E-state index < -0.39 is 5.91 Å². The van der Waals surface area contributed by atoms with Crippen molar-refractivity contribution in [2.24, 2.45) is 5.73 Å². The summed E-state index contributed by atoms with van der Waals surface area (Å²) in [5.74, 6) is -0.667. The number of piperidine rings is 1. The number of pyridine rings is 1. The summed E-state index contributed by atoms with van der Waals surface area (Å²) in [6, 6.07) is 8.38. The Morgan fingerprint density at radius 1 is 1.34 bits per heavy atom. The second-order valence-corrected chi connectivity index (χ2v) is 7.27. The number of anilines is 2. The van der Waals surface area contributed by atoms with Crippen molar-refractivity contribution in [1.29, 1.82) is 0 Å². The van der Waals surface area contributed by atoms with Gasteiger partial charge in [0.1, 0.15) is 5.82 Å². The Balaban J connectivity index is 1.57. The lowest BCUT2D eigenvalue weighted by Crippen LogP contribution is -2.43. The number of para-hydroxylation sites is 1. The topological polar surface area (TPSA) is 99.9 Å². The Bertz CT molecular complexity index is 1030. The number of nitrogens with zero attached hydrogens (tertiary/aromatic N) is 3. The zero-order chi connectivity index (χ0) is 20.4. The third kappa shape index (κ3) is 4.12. The molecular formula is C21H23FN6O. The second kappa shape index (κ2) is 8.00. The molecule has 3 heterocycles. The van der Waals surface area contributed by atoms with Crippen LogP contribution in [0, 0.1) is 12.7 Å². The molecule has 2 aromatic heterocycles. The molecule has 4 rings (SSSR count). The molecule has 1 saturated heterocycles. The second-order valence-electron chi connectivity index (χ2n) is 7.27. The lowest BCUT2D eigenvalue weighted by molar-refractivity contribution is 0.101. The number of amides is 1. The van der Waals surface area contributed by atoms with Crippen molar-refractivity contribution in [2.45, 2.75) is 25.8 Å². The van der Waals surface area contributed by atoms with Gasteiger partial charge in [-0.05, 0) is 44.0 Å². The normalized spacial score (nSPS) is 16.7. The number of nitrogens with two attached hydrogens (primary N) is 1. The number of hydrogen-bond acceptors (Lipinski definition) is 5. The number of nitrogens with one attached hydrogen (secondary N) is 2. The van der Waals surface area contributed by atoms with Gasteiger partial charge < -0.3 is 20.9 Å². The van der Waals surface area contributed by atoms with E-state index in [4.69, 9.17) is 5.73 Å². The van der Waals surface area contributed by atoms with Gasteiger partial charge in [0, 0.05) is 36.6 Å². The first-order chi connectivity index (χ1) is 14.0. The van der Waals surface area contributed by atoms with Crippen LogP contribution in [0.25, 0.3) is 11.3 Å². The van der Waals surface area contributed by atoms with Gasteiger partial charge in [0.15, 0.2) is 5.82 Å². The first-order valence-corrected chi connectivity index (χ1v) is 9.59. The molecule has 7 nitrogen and oxygen atoms in total. The first-order valence-electron chi connectivity index (χ1n) is 9.59. The van der Waals surface area contributed by atoms with E-state index in [1.807, 2.05) is 24.0 Å². The summed E-state index contributed by atoms with van der Waals surface area (Å²) in [6.45, 7) is 3.14. The number of aryl methyl sites for hydroxylation is 1. The Labute approximate surface area is 168 Å². The number of hydrogen-bond donors (Lipinski definition) is 3. The van der Waals surface area contributed by atoms with E-state index in [1.165, 1.54) is 6.07 Å². The number of H-pyrrole nitrogens is 1. The predicted molar refractivity (Wildman–Crippen MR) is 110 cm³/mol. The molecule has 0 aliphatic carbocycles. The van der Waals surface area contributed by atoms with Crippen molar-refractivity contribution in [3.05, 3.63) is 60.1 Å². The van der Waals surface area contributed by atoms with Gasteiger partial charge in [0.05, 0.1) is 23.3 Å². The van der Waals surface area contributed by atoms with E-state index in [9.17, 15) is 9.18 Å². The van der Waals surface area contributed by atoms with Crippen molar-refractivity contribution in [3.8, 4) is 11.3 Å². The molecule has 3 aromatic rings. The van der Waals surface area contributed by atoms with Crippen LogP contribution in [0.1, 0.15) is 29.2 Å². The molecule has 4 N–H and O–H groups in total. The van der Waals surface area contributed by atoms with Crippen LogP contribution in [-0.4, -0.2) is 40.0 Å². The van der Waals surface area contributed by atoms with Gasteiger partial charge in [0.25, 0.3) is 5.91 Å². The fourth-order valence-electron chi connectivity index (χ4n) is 3.63. The quantitative estimate of drug-likeness (QED) is 0.631. The predicted octanol–water partition coefficient (Wildman–Crippen LogP) is 3.10. The van der Waals surface area contributed by atoms with Crippen molar-refractivity contribution >= 4 is 17.3 Å². The molecule has 1 aliphatic rings. The third-order valence-corrected chi connectivity index (χ3v) is 5.01. The monoisotopic (exact) mass is 394 g/mol. The number of benzene rings is 1. The summed E-state index contributed by atoms with van der Waals surface area (Å²) >= 11 is 0. The lowest BCUT2D eigenvalue weighted by atomic mass is 10.1. The van der Waals surface area contributed by atoms with Gasteiger partial charge in [0.2, 0.25) is 0 Å². The highest BCUT2D eigenvalue weighted by atomic mass is 19.1. The average Bonchev–Trinajstić information content (AvgIpc) is 3.18. The van der Waals surface area contributed by atoms with E-state index in [1.54, 1.807) is 24.5 Å². The molecule has 150 valence electrons. The summed E-state index contributed by atoms with van der Waals surface area (Å²) in [5.41, 5.74) is 9.29. The van der Waals surface area contributed by atoms with Crippen LogP contribution in [0.3, 0.4) is 0 Å². The molecule has 1 fully saturated rings. The van der Waals surface area contributed by atoms with E-state index in [0.29, 0.717) is 30.2 Å². The van der Waals surface area contributed by atoms with Gasteiger partial charge in [-0.3, -0.25) is 9.78 Å².